The summed E-state index contributed by atoms with van der Waals surface area (Å²) < 4.78 is 17.6. The van der Waals surface area contributed by atoms with Crippen LogP contribution in [0, 0.1) is 23.7 Å². The molecule has 3 aliphatic rings. The minimum Gasteiger partial charge on any atom is -0.459 e. The Labute approximate surface area is 190 Å². The van der Waals surface area contributed by atoms with Crippen molar-refractivity contribution < 1.29 is 39.1 Å². The van der Waals surface area contributed by atoms with Crippen LogP contribution in [0.15, 0.2) is 0 Å². The third-order valence-electron chi connectivity index (χ3n) is 8.22. The number of hydrogen-bond donors (Lipinski definition) is 3. The number of fused-ring (bicyclic) bond motifs is 5. The number of ether oxygens (including phenoxy) is 3. The summed E-state index contributed by atoms with van der Waals surface area (Å²) in [4.78, 5) is 23.7. The molecule has 0 radical (unpaired) electrons. The highest BCUT2D eigenvalue weighted by molar-refractivity contribution is 5.67. The summed E-state index contributed by atoms with van der Waals surface area (Å²) in [5, 5.41) is 34.4. The van der Waals surface area contributed by atoms with Gasteiger partial charge in [0.25, 0.3) is 0 Å². The fourth-order valence-electron chi connectivity index (χ4n) is 6.63. The standard InChI is InChI=1S/C24H40O8/c1-12(2)15-8-11-23(6,32-14(4)26)18-17(15)21-22(5,28)10-9-16(30-13(3)25)24(7,29)20(27)19(18)31-21/h12,15-21,27-29H,8-11H2,1-7H3. The van der Waals surface area contributed by atoms with Gasteiger partial charge >= 0.3 is 11.9 Å². The van der Waals surface area contributed by atoms with Gasteiger partial charge in [-0.15, -0.1) is 0 Å². The molecule has 3 fully saturated rings. The summed E-state index contributed by atoms with van der Waals surface area (Å²) in [6, 6.07) is 0. The maximum Gasteiger partial charge on any atom is 0.303 e. The van der Waals surface area contributed by atoms with Crippen molar-refractivity contribution in [3.8, 4) is 0 Å². The Morgan fingerprint density at radius 3 is 2.19 bits per heavy atom. The van der Waals surface area contributed by atoms with Gasteiger partial charge in [0.2, 0.25) is 0 Å². The monoisotopic (exact) mass is 456 g/mol. The van der Waals surface area contributed by atoms with E-state index in [4.69, 9.17) is 14.2 Å². The van der Waals surface area contributed by atoms with Crippen molar-refractivity contribution in [2.24, 2.45) is 23.7 Å². The summed E-state index contributed by atoms with van der Waals surface area (Å²) in [7, 11) is 0. The van der Waals surface area contributed by atoms with Crippen LogP contribution in [0.4, 0.5) is 0 Å². The van der Waals surface area contributed by atoms with Crippen molar-refractivity contribution in [3.63, 3.8) is 0 Å². The first-order valence-electron chi connectivity index (χ1n) is 11.8. The highest BCUT2D eigenvalue weighted by Crippen LogP contribution is 2.58. The van der Waals surface area contributed by atoms with Crippen molar-refractivity contribution in [2.45, 2.75) is 115 Å². The number of esters is 2. The lowest BCUT2D eigenvalue weighted by molar-refractivity contribution is -0.210. The molecule has 32 heavy (non-hydrogen) atoms. The van der Waals surface area contributed by atoms with E-state index in [9.17, 15) is 24.9 Å². The van der Waals surface area contributed by atoms with E-state index in [0.717, 1.165) is 6.42 Å². The molecule has 8 heteroatoms. The highest BCUT2D eigenvalue weighted by Gasteiger charge is 2.67. The normalized spacial score (nSPS) is 48.9. The van der Waals surface area contributed by atoms with Crippen LogP contribution >= 0.6 is 0 Å². The molecule has 10 unspecified atom stereocenters. The summed E-state index contributed by atoms with van der Waals surface area (Å²) in [6.45, 7) is 11.9. The summed E-state index contributed by atoms with van der Waals surface area (Å²) in [5.74, 6) is -1.14. The first-order valence-corrected chi connectivity index (χ1v) is 11.8. The molecule has 2 aliphatic heterocycles. The van der Waals surface area contributed by atoms with Gasteiger partial charge in [-0.25, -0.2) is 0 Å². The number of aliphatic hydroxyl groups excluding tert-OH is 1. The molecule has 2 bridgehead atoms. The molecule has 2 heterocycles. The molecule has 1 aliphatic carbocycles. The van der Waals surface area contributed by atoms with Gasteiger partial charge in [0.1, 0.15) is 23.4 Å². The van der Waals surface area contributed by atoms with Gasteiger partial charge in [0.15, 0.2) is 0 Å². The molecular weight excluding hydrogens is 416 g/mol. The van der Waals surface area contributed by atoms with E-state index < -0.39 is 59.1 Å². The van der Waals surface area contributed by atoms with Crippen molar-refractivity contribution in [1.29, 1.82) is 0 Å². The molecule has 10 atom stereocenters. The molecule has 0 aromatic carbocycles. The summed E-state index contributed by atoms with van der Waals surface area (Å²) in [6.07, 6.45) is -2.19. The first kappa shape index (κ1) is 25.4. The zero-order valence-corrected chi connectivity index (χ0v) is 20.3. The van der Waals surface area contributed by atoms with Crippen molar-refractivity contribution >= 4 is 11.9 Å². The van der Waals surface area contributed by atoms with E-state index in [2.05, 4.69) is 13.8 Å². The van der Waals surface area contributed by atoms with Gasteiger partial charge in [0.05, 0.1) is 17.8 Å². The Hall–Kier alpha value is -1.22. The smallest absolute Gasteiger partial charge is 0.303 e. The predicted molar refractivity (Wildman–Crippen MR) is 115 cm³/mol. The molecule has 2 saturated heterocycles. The minimum atomic E-state index is -1.82. The number of carbonyl (C=O) groups is 2. The zero-order valence-electron chi connectivity index (χ0n) is 20.3. The van der Waals surface area contributed by atoms with Crippen LogP contribution in [0.25, 0.3) is 0 Å². The summed E-state index contributed by atoms with van der Waals surface area (Å²) >= 11 is 0. The van der Waals surface area contributed by atoms with Crippen molar-refractivity contribution in [3.05, 3.63) is 0 Å². The lowest BCUT2D eigenvalue weighted by Crippen LogP contribution is -2.62. The SMILES string of the molecule is CC(=O)OC1CCC(C)(O)C2OC(C3C2C(C(C)C)CCC3(C)OC(C)=O)C(O)C1(C)O. The number of carbonyl (C=O) groups excluding carboxylic acids is 2. The Morgan fingerprint density at radius 1 is 1.03 bits per heavy atom. The van der Waals surface area contributed by atoms with Crippen LogP contribution in [-0.4, -0.2) is 68.5 Å². The van der Waals surface area contributed by atoms with E-state index in [1.807, 2.05) is 6.92 Å². The van der Waals surface area contributed by atoms with Crippen LogP contribution < -0.4 is 0 Å². The second kappa shape index (κ2) is 8.53. The third kappa shape index (κ3) is 4.31. The largest absolute Gasteiger partial charge is 0.459 e. The molecule has 0 spiro atoms. The third-order valence-corrected chi connectivity index (χ3v) is 8.22. The zero-order chi connectivity index (χ0) is 24.2. The molecular formula is C24H40O8. The van der Waals surface area contributed by atoms with Gasteiger partial charge in [-0.2, -0.15) is 0 Å². The number of aliphatic hydroxyl groups is 3. The molecule has 0 aromatic heterocycles. The quantitative estimate of drug-likeness (QED) is 0.551. The van der Waals surface area contributed by atoms with Gasteiger partial charge in [-0.3, -0.25) is 9.59 Å². The second-order valence-electron chi connectivity index (χ2n) is 11.1. The summed E-state index contributed by atoms with van der Waals surface area (Å²) in [5.41, 5.74) is -4.04. The van der Waals surface area contributed by atoms with E-state index in [0.29, 0.717) is 12.3 Å². The number of rotatable bonds is 3. The van der Waals surface area contributed by atoms with Crippen LogP contribution in [0.2, 0.25) is 0 Å². The van der Waals surface area contributed by atoms with Gasteiger partial charge < -0.3 is 29.5 Å². The van der Waals surface area contributed by atoms with E-state index >= 15 is 0 Å². The Bertz CT molecular complexity index is 732. The predicted octanol–water partition coefficient (Wildman–Crippen LogP) is 1.96. The van der Waals surface area contributed by atoms with Gasteiger partial charge in [0, 0.05) is 25.7 Å². The number of hydrogen-bond acceptors (Lipinski definition) is 8. The topological polar surface area (TPSA) is 123 Å². The van der Waals surface area contributed by atoms with E-state index in [-0.39, 0.29) is 24.7 Å². The fourth-order valence-corrected chi connectivity index (χ4v) is 6.63. The van der Waals surface area contributed by atoms with Gasteiger partial charge in [-0.1, -0.05) is 13.8 Å². The molecule has 3 N–H and O–H groups in total. The van der Waals surface area contributed by atoms with Crippen LogP contribution in [0.1, 0.15) is 74.1 Å². The maximum absolute atomic E-state index is 12.0. The van der Waals surface area contributed by atoms with Gasteiger partial charge in [-0.05, 0) is 58.3 Å². The average Bonchev–Trinajstić information content (AvgIpc) is 3.05. The van der Waals surface area contributed by atoms with Crippen molar-refractivity contribution in [1.82, 2.24) is 0 Å². The lowest BCUT2D eigenvalue weighted by atomic mass is 9.57. The molecule has 1 saturated carbocycles. The van der Waals surface area contributed by atoms with Crippen LogP contribution in [0.3, 0.4) is 0 Å². The maximum atomic E-state index is 12.0. The second-order valence-corrected chi connectivity index (χ2v) is 11.1. The van der Waals surface area contributed by atoms with Crippen molar-refractivity contribution in [2.75, 3.05) is 0 Å². The molecule has 8 nitrogen and oxygen atoms in total. The highest BCUT2D eigenvalue weighted by atomic mass is 16.6. The van der Waals surface area contributed by atoms with E-state index in [1.165, 1.54) is 20.8 Å². The van der Waals surface area contributed by atoms with Crippen LogP contribution in [0.5, 0.6) is 0 Å². The molecule has 184 valence electrons. The van der Waals surface area contributed by atoms with E-state index in [1.54, 1.807) is 6.92 Å². The molecule has 0 aromatic rings. The molecule has 3 rings (SSSR count). The Balaban J connectivity index is 2.14. The molecule has 0 amide bonds. The fraction of sp³-hybridized carbons (Fsp3) is 0.917. The van der Waals surface area contributed by atoms with Crippen LogP contribution in [-0.2, 0) is 23.8 Å². The average molecular weight is 457 g/mol. The Morgan fingerprint density at radius 2 is 1.66 bits per heavy atom. The first-order chi connectivity index (χ1) is 14.6. The Kier molecular flexibility index (Phi) is 6.77. The minimum absolute atomic E-state index is 0.175. The lowest BCUT2D eigenvalue weighted by Gasteiger charge is -2.51.